The molecule has 0 saturated heterocycles. The molecule has 0 aliphatic heterocycles. The van der Waals surface area contributed by atoms with Crippen LogP contribution in [0.3, 0.4) is 0 Å². The topological polar surface area (TPSA) is 120 Å². The van der Waals surface area contributed by atoms with Gasteiger partial charge in [-0.05, 0) is 26.0 Å². The summed E-state index contributed by atoms with van der Waals surface area (Å²) in [6.07, 6.45) is 1.05. The van der Waals surface area contributed by atoms with Crippen LogP contribution in [0.1, 0.15) is 19.5 Å². The molecule has 0 amide bonds. The van der Waals surface area contributed by atoms with E-state index in [0.29, 0.717) is 0 Å². The maximum absolute atomic E-state index is 11.9. The summed E-state index contributed by atoms with van der Waals surface area (Å²) >= 11 is 0. The Bertz CT molecular complexity index is 614. The van der Waals surface area contributed by atoms with Crippen molar-refractivity contribution in [3.8, 4) is 6.07 Å². The van der Waals surface area contributed by atoms with Crippen LogP contribution in [-0.2, 0) is 14.8 Å². The molecule has 0 saturated carbocycles. The van der Waals surface area contributed by atoms with Gasteiger partial charge in [0, 0.05) is 12.7 Å². The van der Waals surface area contributed by atoms with Crippen molar-refractivity contribution < 1.29 is 18.3 Å². The molecule has 0 atom stereocenters. The SMILES string of the molecule is CC(C)(CNS(=O)(=O)c1ccc(C#N)nc1)C(=O)O. The van der Waals surface area contributed by atoms with E-state index >= 15 is 0 Å². The summed E-state index contributed by atoms with van der Waals surface area (Å²) in [5, 5.41) is 17.5. The van der Waals surface area contributed by atoms with Crippen LogP contribution < -0.4 is 4.72 Å². The van der Waals surface area contributed by atoms with E-state index in [2.05, 4.69) is 9.71 Å². The number of carboxylic acids is 1. The zero-order valence-corrected chi connectivity index (χ0v) is 11.2. The predicted octanol–water partition coefficient (Wildman–Crippen LogP) is 0.342. The second-order valence-corrected chi connectivity index (χ2v) is 6.27. The summed E-state index contributed by atoms with van der Waals surface area (Å²) in [4.78, 5) is 14.4. The minimum atomic E-state index is -3.84. The summed E-state index contributed by atoms with van der Waals surface area (Å²) in [6.45, 7) is 2.58. The van der Waals surface area contributed by atoms with Crippen molar-refractivity contribution >= 4 is 16.0 Å². The molecule has 0 spiro atoms. The van der Waals surface area contributed by atoms with E-state index in [1.807, 2.05) is 0 Å². The normalized spacial score (nSPS) is 11.8. The Balaban J connectivity index is 2.88. The highest BCUT2D eigenvalue weighted by Gasteiger charge is 2.29. The van der Waals surface area contributed by atoms with Gasteiger partial charge in [0.1, 0.15) is 16.7 Å². The van der Waals surface area contributed by atoms with Gasteiger partial charge in [0.15, 0.2) is 0 Å². The third-order valence-electron chi connectivity index (χ3n) is 2.44. The molecule has 1 rings (SSSR count). The van der Waals surface area contributed by atoms with E-state index in [0.717, 1.165) is 6.20 Å². The number of hydrogen-bond donors (Lipinski definition) is 2. The first-order valence-electron chi connectivity index (χ1n) is 5.28. The van der Waals surface area contributed by atoms with Gasteiger partial charge in [0.25, 0.3) is 0 Å². The Morgan fingerprint density at radius 1 is 1.53 bits per heavy atom. The summed E-state index contributed by atoms with van der Waals surface area (Å²) in [5.74, 6) is -1.10. The average molecular weight is 283 g/mol. The van der Waals surface area contributed by atoms with Gasteiger partial charge in [-0.15, -0.1) is 0 Å². The van der Waals surface area contributed by atoms with Crippen LogP contribution in [0.2, 0.25) is 0 Å². The quantitative estimate of drug-likeness (QED) is 0.804. The number of hydrogen-bond acceptors (Lipinski definition) is 5. The second-order valence-electron chi connectivity index (χ2n) is 4.50. The molecule has 8 heteroatoms. The highest BCUT2D eigenvalue weighted by Crippen LogP contribution is 2.15. The Kier molecular flexibility index (Phi) is 4.24. The molecule has 1 aromatic rings. The highest BCUT2D eigenvalue weighted by molar-refractivity contribution is 7.89. The number of pyridine rings is 1. The molecule has 0 aliphatic carbocycles. The molecular weight excluding hydrogens is 270 g/mol. The van der Waals surface area contributed by atoms with Crippen LogP contribution in [0, 0.1) is 16.7 Å². The van der Waals surface area contributed by atoms with Crippen molar-refractivity contribution in [1.29, 1.82) is 5.26 Å². The van der Waals surface area contributed by atoms with E-state index in [9.17, 15) is 13.2 Å². The van der Waals surface area contributed by atoms with Gasteiger partial charge in [-0.3, -0.25) is 4.79 Å². The minimum absolute atomic E-state index is 0.102. The van der Waals surface area contributed by atoms with Gasteiger partial charge in [-0.1, -0.05) is 0 Å². The molecule has 1 heterocycles. The maximum Gasteiger partial charge on any atom is 0.310 e. The molecule has 102 valence electrons. The van der Waals surface area contributed by atoms with Gasteiger partial charge in [0.2, 0.25) is 10.0 Å². The predicted molar refractivity (Wildman–Crippen MR) is 65.6 cm³/mol. The summed E-state index contributed by atoms with van der Waals surface area (Å²) in [7, 11) is -3.84. The van der Waals surface area contributed by atoms with Crippen LogP contribution in [0.15, 0.2) is 23.2 Å². The standard InChI is InChI=1S/C11H13N3O4S/c1-11(2,10(15)16)7-14-19(17,18)9-4-3-8(5-12)13-6-9/h3-4,6,14H,7H2,1-2H3,(H,15,16). The number of nitrogens with one attached hydrogen (secondary N) is 1. The molecule has 0 aromatic carbocycles. The fourth-order valence-corrected chi connectivity index (χ4v) is 2.20. The molecule has 0 fully saturated rings. The number of nitriles is 1. The van der Waals surface area contributed by atoms with Crippen molar-refractivity contribution in [2.24, 2.45) is 5.41 Å². The van der Waals surface area contributed by atoms with E-state index in [4.69, 9.17) is 10.4 Å². The first kappa shape index (κ1) is 15.1. The number of rotatable bonds is 5. The second kappa shape index (κ2) is 5.34. The lowest BCUT2D eigenvalue weighted by Gasteiger charge is -2.19. The molecule has 0 radical (unpaired) electrons. The fraction of sp³-hybridized carbons (Fsp3) is 0.364. The molecular formula is C11H13N3O4S. The first-order chi connectivity index (χ1) is 8.69. The van der Waals surface area contributed by atoms with Gasteiger partial charge < -0.3 is 5.11 Å². The fourth-order valence-electron chi connectivity index (χ4n) is 1.04. The van der Waals surface area contributed by atoms with Crippen molar-refractivity contribution in [3.05, 3.63) is 24.0 Å². The zero-order chi connectivity index (χ0) is 14.7. The lowest BCUT2D eigenvalue weighted by molar-refractivity contribution is -0.146. The third-order valence-corrected chi connectivity index (χ3v) is 3.83. The number of nitrogens with zero attached hydrogens (tertiary/aromatic N) is 2. The van der Waals surface area contributed by atoms with Crippen LogP contribution in [0.4, 0.5) is 0 Å². The lowest BCUT2D eigenvalue weighted by atomic mass is 9.95. The van der Waals surface area contributed by atoms with Gasteiger partial charge in [-0.25, -0.2) is 18.1 Å². The molecule has 2 N–H and O–H groups in total. The van der Waals surface area contributed by atoms with E-state index in [1.165, 1.54) is 26.0 Å². The summed E-state index contributed by atoms with van der Waals surface area (Å²) < 4.78 is 26.0. The molecule has 19 heavy (non-hydrogen) atoms. The van der Waals surface area contributed by atoms with Gasteiger partial charge in [-0.2, -0.15) is 5.26 Å². The number of carboxylic acid groups (broad SMARTS) is 1. The zero-order valence-electron chi connectivity index (χ0n) is 10.4. The largest absolute Gasteiger partial charge is 0.481 e. The molecule has 1 aromatic heterocycles. The summed E-state index contributed by atoms with van der Waals surface area (Å²) in [5.41, 5.74) is -1.11. The number of aliphatic carboxylic acids is 1. The van der Waals surface area contributed by atoms with Crippen LogP contribution in [0.5, 0.6) is 0 Å². The highest BCUT2D eigenvalue weighted by atomic mass is 32.2. The Morgan fingerprint density at radius 3 is 2.58 bits per heavy atom. The van der Waals surface area contributed by atoms with Gasteiger partial charge in [0.05, 0.1) is 5.41 Å². The van der Waals surface area contributed by atoms with Crippen molar-refractivity contribution in [1.82, 2.24) is 9.71 Å². The van der Waals surface area contributed by atoms with Crippen molar-refractivity contribution in [2.45, 2.75) is 18.7 Å². The van der Waals surface area contributed by atoms with Crippen LogP contribution in [-0.4, -0.2) is 31.0 Å². The number of carbonyl (C=O) groups is 1. The van der Waals surface area contributed by atoms with Crippen LogP contribution >= 0.6 is 0 Å². The lowest BCUT2D eigenvalue weighted by Crippen LogP contribution is -2.38. The number of aromatic nitrogens is 1. The minimum Gasteiger partial charge on any atom is -0.481 e. The molecule has 0 bridgehead atoms. The molecule has 7 nitrogen and oxygen atoms in total. The first-order valence-corrected chi connectivity index (χ1v) is 6.76. The van der Waals surface area contributed by atoms with E-state index in [-0.39, 0.29) is 17.1 Å². The number of sulfonamides is 1. The average Bonchev–Trinajstić information content (AvgIpc) is 2.36. The Morgan fingerprint density at radius 2 is 2.16 bits per heavy atom. The van der Waals surface area contributed by atoms with E-state index < -0.39 is 21.4 Å². The summed E-state index contributed by atoms with van der Waals surface area (Å²) in [6, 6.07) is 4.29. The Hall–Kier alpha value is -1.98. The van der Waals surface area contributed by atoms with Gasteiger partial charge >= 0.3 is 5.97 Å². The molecule has 0 unspecified atom stereocenters. The van der Waals surface area contributed by atoms with Crippen molar-refractivity contribution in [3.63, 3.8) is 0 Å². The van der Waals surface area contributed by atoms with Crippen LogP contribution in [0.25, 0.3) is 0 Å². The van der Waals surface area contributed by atoms with E-state index in [1.54, 1.807) is 6.07 Å². The third kappa shape index (κ3) is 3.74. The Labute approximate surface area is 110 Å². The smallest absolute Gasteiger partial charge is 0.310 e. The maximum atomic E-state index is 11.9. The molecule has 0 aliphatic rings. The van der Waals surface area contributed by atoms with Crippen molar-refractivity contribution in [2.75, 3.05) is 6.54 Å². The monoisotopic (exact) mass is 283 g/mol.